The summed E-state index contributed by atoms with van der Waals surface area (Å²) in [5.41, 5.74) is -0.459. The second-order valence-electron chi connectivity index (χ2n) is 5.74. The number of alkyl halides is 1. The fraction of sp³-hybridized carbons (Fsp3) is 0.917. The molecule has 2 heterocycles. The lowest BCUT2D eigenvalue weighted by Crippen LogP contribution is -2.42. The van der Waals surface area contributed by atoms with Crippen molar-refractivity contribution < 1.29 is 19.0 Å². The molecule has 18 heavy (non-hydrogen) atoms. The molecule has 0 aliphatic carbocycles. The predicted molar refractivity (Wildman–Crippen MR) is 70.0 cm³/mol. The summed E-state index contributed by atoms with van der Waals surface area (Å²) in [6, 6.07) is 0. The van der Waals surface area contributed by atoms with Crippen LogP contribution < -0.4 is 0 Å². The average Bonchev–Trinajstić information content (AvgIpc) is 2.51. The first-order valence-electron chi connectivity index (χ1n) is 6.20. The van der Waals surface area contributed by atoms with E-state index in [9.17, 15) is 4.79 Å². The van der Waals surface area contributed by atoms with Crippen LogP contribution in [0.5, 0.6) is 0 Å². The molecule has 0 saturated carbocycles. The molecule has 0 N–H and O–H groups in total. The summed E-state index contributed by atoms with van der Waals surface area (Å²) in [4.78, 5) is 13.8. The van der Waals surface area contributed by atoms with E-state index in [1.807, 2.05) is 20.8 Å². The highest BCUT2D eigenvalue weighted by Crippen LogP contribution is 2.24. The number of carbonyl (C=O) groups is 1. The van der Waals surface area contributed by atoms with Gasteiger partial charge in [0.05, 0.1) is 30.7 Å². The normalized spacial score (nSPS) is 29.2. The molecule has 2 atom stereocenters. The van der Waals surface area contributed by atoms with E-state index in [2.05, 4.69) is 15.9 Å². The molecule has 5 nitrogen and oxygen atoms in total. The van der Waals surface area contributed by atoms with Crippen molar-refractivity contribution in [3.8, 4) is 0 Å². The number of halogens is 1. The lowest BCUT2D eigenvalue weighted by Gasteiger charge is -2.30. The van der Waals surface area contributed by atoms with Gasteiger partial charge in [0.1, 0.15) is 11.7 Å². The number of hydrogen-bond donors (Lipinski definition) is 0. The maximum absolute atomic E-state index is 11.9. The zero-order valence-corrected chi connectivity index (χ0v) is 12.6. The number of hydrogen-bond acceptors (Lipinski definition) is 4. The Labute approximate surface area is 116 Å². The van der Waals surface area contributed by atoms with Gasteiger partial charge in [-0.25, -0.2) is 4.79 Å². The van der Waals surface area contributed by atoms with Crippen LogP contribution in [0, 0.1) is 0 Å². The van der Waals surface area contributed by atoms with Crippen molar-refractivity contribution in [2.45, 2.75) is 43.4 Å². The summed E-state index contributed by atoms with van der Waals surface area (Å²) in [5, 5.41) is 0. The first-order valence-corrected chi connectivity index (χ1v) is 7.12. The molecule has 2 saturated heterocycles. The third kappa shape index (κ3) is 3.59. The molecule has 0 aromatic carbocycles. The Bertz CT molecular complexity index is 314. The van der Waals surface area contributed by atoms with Crippen LogP contribution in [-0.4, -0.2) is 59.9 Å². The monoisotopic (exact) mass is 321 g/mol. The number of amides is 1. The summed E-state index contributed by atoms with van der Waals surface area (Å²) in [6.45, 7) is 8.10. The van der Waals surface area contributed by atoms with Crippen molar-refractivity contribution in [3.63, 3.8) is 0 Å². The fourth-order valence-corrected chi connectivity index (χ4v) is 2.52. The minimum absolute atomic E-state index is 0.0198. The van der Waals surface area contributed by atoms with Crippen molar-refractivity contribution in [2.75, 3.05) is 26.3 Å². The molecule has 0 aromatic rings. The predicted octanol–water partition coefficient (Wildman–Crippen LogP) is 1.78. The maximum Gasteiger partial charge on any atom is 0.410 e. The highest BCUT2D eigenvalue weighted by molar-refractivity contribution is 9.09. The fourth-order valence-electron chi connectivity index (χ4n) is 1.88. The maximum atomic E-state index is 11.9. The lowest BCUT2D eigenvalue weighted by molar-refractivity contribution is -0.150. The van der Waals surface area contributed by atoms with E-state index in [-0.39, 0.29) is 23.1 Å². The van der Waals surface area contributed by atoms with Crippen LogP contribution in [-0.2, 0) is 14.2 Å². The van der Waals surface area contributed by atoms with Gasteiger partial charge in [-0.15, -0.1) is 0 Å². The van der Waals surface area contributed by atoms with Crippen molar-refractivity contribution in [1.82, 2.24) is 4.90 Å². The molecule has 6 heteroatoms. The van der Waals surface area contributed by atoms with Crippen LogP contribution in [0.3, 0.4) is 0 Å². The molecule has 0 aromatic heterocycles. The van der Waals surface area contributed by atoms with Crippen LogP contribution >= 0.6 is 15.9 Å². The van der Waals surface area contributed by atoms with Crippen molar-refractivity contribution in [3.05, 3.63) is 0 Å². The first-order chi connectivity index (χ1) is 8.35. The highest BCUT2D eigenvalue weighted by Gasteiger charge is 2.38. The van der Waals surface area contributed by atoms with Crippen LogP contribution in [0.2, 0.25) is 0 Å². The summed E-state index contributed by atoms with van der Waals surface area (Å²) in [6.07, 6.45) is -0.0806. The SMILES string of the molecule is CC(C)(C)OC(=O)N1CC(Br)C(OC2COC2)C1. The summed E-state index contributed by atoms with van der Waals surface area (Å²) in [7, 11) is 0. The van der Waals surface area contributed by atoms with Crippen molar-refractivity contribution >= 4 is 22.0 Å². The minimum atomic E-state index is -0.459. The Balaban J connectivity index is 1.83. The van der Waals surface area contributed by atoms with E-state index in [0.29, 0.717) is 26.3 Å². The van der Waals surface area contributed by atoms with Crippen molar-refractivity contribution in [2.24, 2.45) is 0 Å². The van der Waals surface area contributed by atoms with Crippen molar-refractivity contribution in [1.29, 1.82) is 0 Å². The van der Waals surface area contributed by atoms with Crippen LogP contribution in [0.1, 0.15) is 20.8 Å². The molecule has 2 rings (SSSR count). The van der Waals surface area contributed by atoms with E-state index in [1.165, 1.54) is 0 Å². The number of ether oxygens (including phenoxy) is 3. The quantitative estimate of drug-likeness (QED) is 0.727. The Morgan fingerprint density at radius 3 is 2.50 bits per heavy atom. The standard InChI is InChI=1S/C12H20BrNO4/c1-12(2,3)18-11(15)14-4-9(13)10(5-14)17-8-6-16-7-8/h8-10H,4-7H2,1-3H3. The van der Waals surface area contributed by atoms with Crippen LogP contribution in [0.15, 0.2) is 0 Å². The zero-order chi connectivity index (χ0) is 13.3. The van der Waals surface area contributed by atoms with Crippen LogP contribution in [0.25, 0.3) is 0 Å². The Morgan fingerprint density at radius 2 is 2.00 bits per heavy atom. The number of likely N-dealkylation sites (tertiary alicyclic amines) is 1. The molecular formula is C12H20BrNO4. The van der Waals surface area contributed by atoms with Gasteiger partial charge in [0.15, 0.2) is 0 Å². The third-order valence-corrected chi connectivity index (χ3v) is 3.70. The largest absolute Gasteiger partial charge is 0.444 e. The van der Waals surface area contributed by atoms with Gasteiger partial charge in [0, 0.05) is 6.54 Å². The second kappa shape index (κ2) is 5.35. The van der Waals surface area contributed by atoms with Gasteiger partial charge >= 0.3 is 6.09 Å². The first kappa shape index (κ1) is 14.1. The van der Waals surface area contributed by atoms with E-state index in [4.69, 9.17) is 14.2 Å². The summed E-state index contributed by atoms with van der Waals surface area (Å²) in [5.74, 6) is 0. The van der Waals surface area contributed by atoms with Gasteiger partial charge in [0.25, 0.3) is 0 Å². The summed E-state index contributed by atoms with van der Waals surface area (Å²) >= 11 is 3.56. The zero-order valence-electron chi connectivity index (χ0n) is 11.0. The smallest absolute Gasteiger partial charge is 0.410 e. The van der Waals surface area contributed by atoms with Gasteiger partial charge in [-0.3, -0.25) is 0 Å². The molecule has 2 aliphatic rings. The van der Waals surface area contributed by atoms with E-state index in [1.54, 1.807) is 4.90 Å². The molecule has 104 valence electrons. The number of nitrogens with zero attached hydrogens (tertiary/aromatic N) is 1. The highest BCUT2D eigenvalue weighted by atomic mass is 79.9. The Hall–Kier alpha value is -0.330. The van der Waals surface area contributed by atoms with E-state index in [0.717, 1.165) is 0 Å². The molecule has 0 radical (unpaired) electrons. The third-order valence-electron chi connectivity index (χ3n) is 2.82. The van der Waals surface area contributed by atoms with Gasteiger partial charge in [-0.1, -0.05) is 15.9 Å². The lowest BCUT2D eigenvalue weighted by atomic mass is 10.2. The van der Waals surface area contributed by atoms with Crippen LogP contribution in [0.4, 0.5) is 4.79 Å². The minimum Gasteiger partial charge on any atom is -0.444 e. The molecular weight excluding hydrogens is 302 g/mol. The second-order valence-corrected chi connectivity index (χ2v) is 6.91. The van der Waals surface area contributed by atoms with E-state index >= 15 is 0 Å². The summed E-state index contributed by atoms with van der Waals surface area (Å²) < 4.78 is 16.3. The molecule has 2 unspecified atom stereocenters. The molecule has 0 spiro atoms. The van der Waals surface area contributed by atoms with Gasteiger partial charge < -0.3 is 19.1 Å². The number of rotatable bonds is 2. The Kier molecular flexibility index (Phi) is 4.18. The average molecular weight is 322 g/mol. The topological polar surface area (TPSA) is 48.0 Å². The molecule has 2 fully saturated rings. The van der Waals surface area contributed by atoms with Gasteiger partial charge in [-0.2, -0.15) is 0 Å². The molecule has 2 aliphatic heterocycles. The van der Waals surface area contributed by atoms with E-state index < -0.39 is 5.60 Å². The number of carbonyl (C=O) groups excluding carboxylic acids is 1. The van der Waals surface area contributed by atoms with Gasteiger partial charge in [-0.05, 0) is 20.8 Å². The molecule has 1 amide bonds. The van der Waals surface area contributed by atoms with Gasteiger partial charge in [0.2, 0.25) is 0 Å². The molecule has 0 bridgehead atoms. The Morgan fingerprint density at radius 1 is 1.33 bits per heavy atom.